The monoisotopic (exact) mass is 283 g/mol. The number of nitrogens with two attached hydrogens (primary N) is 1. The SMILES string of the molecule is CC(C)(C)c1nc(N)cc(-c2cccc3c2OCCC3)n1. The molecule has 1 aliphatic rings. The number of hydrogen-bond donors (Lipinski definition) is 1. The lowest BCUT2D eigenvalue weighted by Crippen LogP contribution is -2.17. The lowest BCUT2D eigenvalue weighted by molar-refractivity contribution is 0.289. The van der Waals surface area contributed by atoms with Crippen LogP contribution in [0, 0.1) is 0 Å². The molecule has 0 unspecified atom stereocenters. The minimum Gasteiger partial charge on any atom is -0.493 e. The van der Waals surface area contributed by atoms with Crippen molar-refractivity contribution in [3.63, 3.8) is 0 Å². The Hall–Kier alpha value is -2.10. The van der Waals surface area contributed by atoms with E-state index in [4.69, 9.17) is 15.5 Å². The molecule has 3 rings (SSSR count). The third-order valence-electron chi connectivity index (χ3n) is 3.63. The molecule has 2 N–H and O–H groups in total. The zero-order chi connectivity index (χ0) is 15.0. The van der Waals surface area contributed by atoms with Gasteiger partial charge in [-0.15, -0.1) is 0 Å². The Morgan fingerprint density at radius 2 is 2.00 bits per heavy atom. The first kappa shape index (κ1) is 13.9. The predicted molar refractivity (Wildman–Crippen MR) is 84.4 cm³/mol. The largest absolute Gasteiger partial charge is 0.493 e. The summed E-state index contributed by atoms with van der Waals surface area (Å²) in [7, 11) is 0. The van der Waals surface area contributed by atoms with Gasteiger partial charge in [-0.2, -0.15) is 0 Å². The Balaban J connectivity index is 2.15. The maximum Gasteiger partial charge on any atom is 0.136 e. The van der Waals surface area contributed by atoms with Crippen molar-refractivity contribution in [1.82, 2.24) is 9.97 Å². The number of hydrogen-bond acceptors (Lipinski definition) is 4. The number of anilines is 1. The molecule has 0 aliphatic carbocycles. The van der Waals surface area contributed by atoms with Gasteiger partial charge in [0.05, 0.1) is 12.3 Å². The fourth-order valence-electron chi connectivity index (χ4n) is 2.53. The highest BCUT2D eigenvalue weighted by atomic mass is 16.5. The van der Waals surface area contributed by atoms with Gasteiger partial charge >= 0.3 is 0 Å². The molecule has 0 bridgehead atoms. The van der Waals surface area contributed by atoms with Gasteiger partial charge in [0.15, 0.2) is 0 Å². The van der Waals surface area contributed by atoms with Crippen LogP contribution < -0.4 is 10.5 Å². The average Bonchev–Trinajstić information content (AvgIpc) is 2.45. The fourth-order valence-corrected chi connectivity index (χ4v) is 2.53. The van der Waals surface area contributed by atoms with Crippen LogP contribution in [0.5, 0.6) is 5.75 Å². The summed E-state index contributed by atoms with van der Waals surface area (Å²) in [5.74, 6) is 2.20. The van der Waals surface area contributed by atoms with Gasteiger partial charge in [0.1, 0.15) is 17.4 Å². The summed E-state index contributed by atoms with van der Waals surface area (Å²) in [6.07, 6.45) is 2.12. The van der Waals surface area contributed by atoms with Gasteiger partial charge in [-0.05, 0) is 24.5 Å². The van der Waals surface area contributed by atoms with Crippen LogP contribution in [0.2, 0.25) is 0 Å². The van der Waals surface area contributed by atoms with Gasteiger partial charge in [-0.25, -0.2) is 9.97 Å². The highest BCUT2D eigenvalue weighted by Gasteiger charge is 2.21. The lowest BCUT2D eigenvalue weighted by Gasteiger charge is -2.22. The maximum atomic E-state index is 5.98. The maximum absolute atomic E-state index is 5.98. The molecule has 0 radical (unpaired) electrons. The van der Waals surface area contributed by atoms with E-state index < -0.39 is 0 Å². The normalized spacial score (nSPS) is 14.4. The summed E-state index contributed by atoms with van der Waals surface area (Å²) in [4.78, 5) is 9.08. The predicted octanol–water partition coefficient (Wildman–Crippen LogP) is 3.35. The van der Waals surface area contributed by atoms with Crippen LogP contribution in [0.1, 0.15) is 38.6 Å². The third kappa shape index (κ3) is 2.71. The first-order valence-electron chi connectivity index (χ1n) is 7.35. The number of ether oxygens (including phenoxy) is 1. The third-order valence-corrected chi connectivity index (χ3v) is 3.63. The second kappa shape index (κ2) is 5.02. The number of rotatable bonds is 1. The zero-order valence-corrected chi connectivity index (χ0v) is 12.8. The molecule has 0 saturated heterocycles. The van der Waals surface area contributed by atoms with Crippen LogP contribution in [-0.4, -0.2) is 16.6 Å². The first-order chi connectivity index (χ1) is 9.95. The molecule has 1 aliphatic heterocycles. The van der Waals surface area contributed by atoms with Crippen molar-refractivity contribution < 1.29 is 4.74 Å². The minimum atomic E-state index is -0.139. The number of aromatic nitrogens is 2. The van der Waals surface area contributed by atoms with E-state index in [0.717, 1.165) is 42.3 Å². The van der Waals surface area contributed by atoms with E-state index in [1.807, 2.05) is 12.1 Å². The van der Waals surface area contributed by atoms with Crippen molar-refractivity contribution in [2.24, 2.45) is 0 Å². The van der Waals surface area contributed by atoms with Crippen molar-refractivity contribution in [1.29, 1.82) is 0 Å². The number of benzene rings is 1. The molecule has 4 nitrogen and oxygen atoms in total. The molecule has 0 saturated carbocycles. The highest BCUT2D eigenvalue weighted by molar-refractivity contribution is 5.71. The van der Waals surface area contributed by atoms with E-state index in [1.165, 1.54) is 5.56 Å². The molecular formula is C17H21N3O. The van der Waals surface area contributed by atoms with Crippen LogP contribution in [0.15, 0.2) is 24.3 Å². The van der Waals surface area contributed by atoms with E-state index in [-0.39, 0.29) is 5.41 Å². The fraction of sp³-hybridized carbons (Fsp3) is 0.412. The summed E-state index contributed by atoms with van der Waals surface area (Å²) in [5, 5.41) is 0. The molecule has 2 aromatic rings. The molecule has 110 valence electrons. The molecule has 1 aromatic carbocycles. The van der Waals surface area contributed by atoms with E-state index in [2.05, 4.69) is 37.9 Å². The lowest BCUT2D eigenvalue weighted by atomic mass is 9.95. The minimum absolute atomic E-state index is 0.139. The Morgan fingerprint density at radius 3 is 2.76 bits per heavy atom. The molecule has 0 atom stereocenters. The van der Waals surface area contributed by atoms with Gasteiger partial charge in [0, 0.05) is 17.0 Å². The van der Waals surface area contributed by atoms with Crippen LogP contribution in [-0.2, 0) is 11.8 Å². The number of fused-ring (bicyclic) bond motifs is 1. The summed E-state index contributed by atoms with van der Waals surface area (Å²) in [6.45, 7) is 7.02. The van der Waals surface area contributed by atoms with E-state index >= 15 is 0 Å². The molecule has 0 amide bonds. The Bertz CT molecular complexity index is 674. The molecule has 0 spiro atoms. The number of nitrogen functional groups attached to an aromatic ring is 1. The Morgan fingerprint density at radius 1 is 1.19 bits per heavy atom. The zero-order valence-electron chi connectivity index (χ0n) is 12.8. The van der Waals surface area contributed by atoms with E-state index in [0.29, 0.717) is 5.82 Å². The molecule has 0 fully saturated rings. The highest BCUT2D eigenvalue weighted by Crippen LogP contribution is 2.36. The summed E-state index contributed by atoms with van der Waals surface area (Å²) >= 11 is 0. The Labute approximate surface area is 125 Å². The topological polar surface area (TPSA) is 61.0 Å². The van der Waals surface area contributed by atoms with E-state index in [9.17, 15) is 0 Å². The quantitative estimate of drug-likeness (QED) is 0.872. The second-order valence-corrected chi connectivity index (χ2v) is 6.50. The van der Waals surface area contributed by atoms with Crippen molar-refractivity contribution in [3.05, 3.63) is 35.7 Å². The van der Waals surface area contributed by atoms with Gasteiger partial charge in [0.2, 0.25) is 0 Å². The van der Waals surface area contributed by atoms with Crippen molar-refractivity contribution in [3.8, 4) is 17.0 Å². The van der Waals surface area contributed by atoms with Crippen LogP contribution >= 0.6 is 0 Å². The summed E-state index contributed by atoms with van der Waals surface area (Å²) in [5.41, 5.74) is 8.93. The van der Waals surface area contributed by atoms with Crippen molar-refractivity contribution >= 4 is 5.82 Å². The van der Waals surface area contributed by atoms with E-state index in [1.54, 1.807) is 0 Å². The number of para-hydroxylation sites is 1. The summed E-state index contributed by atoms with van der Waals surface area (Å²) < 4.78 is 5.87. The van der Waals surface area contributed by atoms with Gasteiger partial charge in [-0.3, -0.25) is 0 Å². The van der Waals surface area contributed by atoms with Gasteiger partial charge in [-0.1, -0.05) is 32.9 Å². The van der Waals surface area contributed by atoms with Crippen LogP contribution in [0.25, 0.3) is 11.3 Å². The number of nitrogens with zero attached hydrogens (tertiary/aromatic N) is 2. The standard InChI is InChI=1S/C17H21N3O/c1-17(2,3)16-19-13(10-14(18)20-16)12-8-4-6-11-7-5-9-21-15(11)12/h4,6,8,10H,5,7,9H2,1-3H3,(H2,18,19,20). The molecule has 1 aromatic heterocycles. The molecule has 4 heteroatoms. The van der Waals surface area contributed by atoms with Gasteiger partial charge in [0.25, 0.3) is 0 Å². The van der Waals surface area contributed by atoms with Crippen LogP contribution in [0.3, 0.4) is 0 Å². The smallest absolute Gasteiger partial charge is 0.136 e. The Kier molecular flexibility index (Phi) is 3.32. The first-order valence-corrected chi connectivity index (χ1v) is 7.35. The second-order valence-electron chi connectivity index (χ2n) is 6.50. The molecular weight excluding hydrogens is 262 g/mol. The summed E-state index contributed by atoms with van der Waals surface area (Å²) in [6, 6.07) is 8.03. The average molecular weight is 283 g/mol. The van der Waals surface area contributed by atoms with Crippen molar-refractivity contribution in [2.75, 3.05) is 12.3 Å². The molecule has 21 heavy (non-hydrogen) atoms. The van der Waals surface area contributed by atoms with Crippen molar-refractivity contribution in [2.45, 2.75) is 39.0 Å². The van der Waals surface area contributed by atoms with Crippen LogP contribution in [0.4, 0.5) is 5.82 Å². The number of aryl methyl sites for hydroxylation is 1. The van der Waals surface area contributed by atoms with Gasteiger partial charge < -0.3 is 10.5 Å². The molecule has 2 heterocycles.